The molecule has 24 heavy (non-hydrogen) atoms. The summed E-state index contributed by atoms with van der Waals surface area (Å²) in [5.41, 5.74) is 1.77. The van der Waals surface area contributed by atoms with Crippen molar-refractivity contribution in [3.63, 3.8) is 0 Å². The average Bonchev–Trinajstić information content (AvgIpc) is 3.08. The van der Waals surface area contributed by atoms with Gasteiger partial charge in [-0.3, -0.25) is 0 Å². The van der Waals surface area contributed by atoms with E-state index >= 15 is 0 Å². The molecule has 1 aliphatic heterocycles. The van der Waals surface area contributed by atoms with Crippen LogP contribution in [0, 0.1) is 17.8 Å². The van der Waals surface area contributed by atoms with Crippen LogP contribution in [-0.4, -0.2) is 19.0 Å². The topological polar surface area (TPSA) is 18.5 Å². The fourth-order valence-corrected chi connectivity index (χ4v) is 5.17. The Bertz CT molecular complexity index is 398. The first kappa shape index (κ1) is 18.5. The SMILES string of the molecule is CCCCC(CC)CC1=CCC(C2CCC3(CC2)OCCO3)CC1. The molecule has 2 fully saturated rings. The Morgan fingerprint density at radius 1 is 1.08 bits per heavy atom. The van der Waals surface area contributed by atoms with Gasteiger partial charge in [-0.05, 0) is 56.3 Å². The van der Waals surface area contributed by atoms with Gasteiger partial charge in [-0.25, -0.2) is 0 Å². The van der Waals surface area contributed by atoms with Crippen molar-refractivity contribution < 1.29 is 9.47 Å². The molecule has 2 nitrogen and oxygen atoms in total. The molecule has 138 valence electrons. The Kier molecular flexibility index (Phi) is 6.80. The molecule has 2 aliphatic carbocycles. The van der Waals surface area contributed by atoms with Crippen LogP contribution in [0.15, 0.2) is 11.6 Å². The normalized spacial score (nSPS) is 28.9. The highest BCUT2D eigenvalue weighted by Gasteiger charge is 2.41. The smallest absolute Gasteiger partial charge is 0.168 e. The standard InChI is InChI=1S/C22H38O2/c1-3-5-6-18(4-2)17-19-7-9-20(10-8-19)21-11-13-22(14-12-21)23-15-16-24-22/h7,18,20-21H,3-6,8-17H2,1-2H3. The predicted molar refractivity (Wildman–Crippen MR) is 99.9 cm³/mol. The van der Waals surface area contributed by atoms with E-state index in [4.69, 9.17) is 9.47 Å². The van der Waals surface area contributed by atoms with E-state index in [0.717, 1.165) is 43.8 Å². The van der Waals surface area contributed by atoms with Crippen LogP contribution in [0.1, 0.15) is 90.9 Å². The Labute approximate surface area is 149 Å². The Morgan fingerprint density at radius 2 is 1.83 bits per heavy atom. The van der Waals surface area contributed by atoms with Crippen LogP contribution in [0.2, 0.25) is 0 Å². The molecular weight excluding hydrogens is 296 g/mol. The van der Waals surface area contributed by atoms with Crippen molar-refractivity contribution >= 4 is 0 Å². The number of ether oxygens (including phenoxy) is 2. The summed E-state index contributed by atoms with van der Waals surface area (Å²) >= 11 is 0. The first-order valence-electron chi connectivity index (χ1n) is 10.7. The van der Waals surface area contributed by atoms with E-state index in [0.29, 0.717) is 0 Å². The van der Waals surface area contributed by atoms with Gasteiger partial charge in [0, 0.05) is 12.8 Å². The van der Waals surface area contributed by atoms with Gasteiger partial charge in [0.2, 0.25) is 0 Å². The lowest BCUT2D eigenvalue weighted by Gasteiger charge is -2.39. The van der Waals surface area contributed by atoms with E-state index in [1.54, 1.807) is 5.57 Å². The molecule has 0 aromatic heterocycles. The second kappa shape index (κ2) is 8.85. The molecule has 2 heteroatoms. The second-order valence-electron chi connectivity index (χ2n) is 8.46. The maximum absolute atomic E-state index is 5.89. The summed E-state index contributed by atoms with van der Waals surface area (Å²) in [6.45, 7) is 6.29. The minimum Gasteiger partial charge on any atom is -0.348 e. The van der Waals surface area contributed by atoms with Crippen molar-refractivity contribution in [2.45, 2.75) is 96.7 Å². The third-order valence-electron chi connectivity index (χ3n) is 6.91. The third kappa shape index (κ3) is 4.64. The van der Waals surface area contributed by atoms with Gasteiger partial charge in [0.05, 0.1) is 13.2 Å². The van der Waals surface area contributed by atoms with Crippen molar-refractivity contribution in [3.05, 3.63) is 11.6 Å². The summed E-state index contributed by atoms with van der Waals surface area (Å²) in [6.07, 6.45) is 18.5. The molecule has 3 rings (SSSR count). The van der Waals surface area contributed by atoms with Gasteiger partial charge < -0.3 is 9.47 Å². The van der Waals surface area contributed by atoms with Gasteiger partial charge in [0.15, 0.2) is 5.79 Å². The van der Waals surface area contributed by atoms with Crippen LogP contribution in [0.5, 0.6) is 0 Å². The zero-order valence-corrected chi connectivity index (χ0v) is 16.0. The van der Waals surface area contributed by atoms with Gasteiger partial charge in [-0.15, -0.1) is 0 Å². The lowest BCUT2D eigenvalue weighted by atomic mass is 9.72. The van der Waals surface area contributed by atoms with Crippen LogP contribution >= 0.6 is 0 Å². The third-order valence-corrected chi connectivity index (χ3v) is 6.91. The van der Waals surface area contributed by atoms with Gasteiger partial charge in [0.1, 0.15) is 0 Å². The molecule has 2 unspecified atom stereocenters. The molecule has 0 aromatic rings. The molecule has 1 saturated carbocycles. The summed E-state index contributed by atoms with van der Waals surface area (Å²) in [5.74, 6) is 2.57. The molecule has 1 spiro atoms. The zero-order valence-electron chi connectivity index (χ0n) is 16.0. The maximum Gasteiger partial charge on any atom is 0.168 e. The number of unbranched alkanes of at least 4 members (excludes halogenated alkanes) is 1. The van der Waals surface area contributed by atoms with Crippen LogP contribution in [0.4, 0.5) is 0 Å². The van der Waals surface area contributed by atoms with Crippen molar-refractivity contribution in [3.8, 4) is 0 Å². The largest absolute Gasteiger partial charge is 0.348 e. The van der Waals surface area contributed by atoms with Crippen molar-refractivity contribution in [2.24, 2.45) is 17.8 Å². The highest BCUT2D eigenvalue weighted by atomic mass is 16.7. The van der Waals surface area contributed by atoms with Gasteiger partial charge >= 0.3 is 0 Å². The maximum atomic E-state index is 5.89. The van der Waals surface area contributed by atoms with E-state index in [9.17, 15) is 0 Å². The first-order chi connectivity index (χ1) is 11.7. The summed E-state index contributed by atoms with van der Waals surface area (Å²) in [6, 6.07) is 0. The van der Waals surface area contributed by atoms with E-state index in [-0.39, 0.29) is 5.79 Å². The number of rotatable bonds is 7. The first-order valence-corrected chi connectivity index (χ1v) is 10.7. The van der Waals surface area contributed by atoms with Gasteiger partial charge in [0.25, 0.3) is 0 Å². The van der Waals surface area contributed by atoms with Crippen LogP contribution in [0.3, 0.4) is 0 Å². The number of hydrogen-bond donors (Lipinski definition) is 0. The number of hydrogen-bond acceptors (Lipinski definition) is 2. The van der Waals surface area contributed by atoms with E-state index in [2.05, 4.69) is 19.9 Å². The van der Waals surface area contributed by atoms with E-state index in [1.807, 2.05) is 0 Å². The van der Waals surface area contributed by atoms with Crippen LogP contribution in [-0.2, 0) is 9.47 Å². The highest BCUT2D eigenvalue weighted by Crippen LogP contribution is 2.44. The molecule has 0 amide bonds. The van der Waals surface area contributed by atoms with Gasteiger partial charge in [-0.2, -0.15) is 0 Å². The monoisotopic (exact) mass is 334 g/mol. The average molecular weight is 335 g/mol. The van der Waals surface area contributed by atoms with Crippen molar-refractivity contribution in [1.82, 2.24) is 0 Å². The summed E-state index contributed by atoms with van der Waals surface area (Å²) in [4.78, 5) is 0. The quantitative estimate of drug-likeness (QED) is 0.512. The van der Waals surface area contributed by atoms with Gasteiger partial charge in [-0.1, -0.05) is 51.2 Å². The number of allylic oxidation sites excluding steroid dienone is 2. The summed E-state index contributed by atoms with van der Waals surface area (Å²) < 4.78 is 11.8. The van der Waals surface area contributed by atoms with E-state index in [1.165, 1.54) is 64.2 Å². The Morgan fingerprint density at radius 3 is 2.42 bits per heavy atom. The minimum absolute atomic E-state index is 0.181. The molecule has 0 N–H and O–H groups in total. The Hall–Kier alpha value is -0.340. The molecule has 3 aliphatic rings. The highest BCUT2D eigenvalue weighted by molar-refractivity contribution is 5.08. The van der Waals surface area contributed by atoms with Crippen molar-refractivity contribution in [1.29, 1.82) is 0 Å². The summed E-state index contributed by atoms with van der Waals surface area (Å²) in [5, 5.41) is 0. The fourth-order valence-electron chi connectivity index (χ4n) is 5.17. The van der Waals surface area contributed by atoms with Crippen LogP contribution < -0.4 is 0 Å². The minimum atomic E-state index is -0.181. The predicted octanol–water partition coefficient (Wildman–Crippen LogP) is 6.25. The second-order valence-corrected chi connectivity index (χ2v) is 8.46. The molecule has 1 heterocycles. The molecular formula is C22H38O2. The Balaban J connectivity index is 1.43. The molecule has 0 bridgehead atoms. The fraction of sp³-hybridized carbons (Fsp3) is 0.909. The molecule has 1 saturated heterocycles. The van der Waals surface area contributed by atoms with E-state index < -0.39 is 0 Å². The summed E-state index contributed by atoms with van der Waals surface area (Å²) in [7, 11) is 0. The zero-order chi connectivity index (χ0) is 16.8. The lowest BCUT2D eigenvalue weighted by Crippen LogP contribution is -2.37. The van der Waals surface area contributed by atoms with Crippen molar-refractivity contribution in [2.75, 3.05) is 13.2 Å². The van der Waals surface area contributed by atoms with Crippen LogP contribution in [0.25, 0.3) is 0 Å². The molecule has 0 aromatic carbocycles. The molecule has 2 atom stereocenters. The molecule has 0 radical (unpaired) electrons. The lowest BCUT2D eigenvalue weighted by molar-refractivity contribution is -0.185.